The lowest BCUT2D eigenvalue weighted by Gasteiger charge is -2.10. The molecule has 0 saturated carbocycles. The van der Waals surface area contributed by atoms with E-state index in [-0.39, 0.29) is 5.97 Å². The molecule has 0 radical (unpaired) electrons. The Morgan fingerprint density at radius 1 is 1.21 bits per heavy atom. The highest BCUT2D eigenvalue weighted by molar-refractivity contribution is 7.45. The van der Waals surface area contributed by atoms with Crippen molar-refractivity contribution in [2.75, 3.05) is 39.1 Å². The average molecular weight is 362 g/mol. The Hall–Kier alpha value is -1.44. The number of carbonyl (C=O) groups excluding carboxylic acids is 1. The number of hydrogen-bond donors (Lipinski definition) is 4. The van der Waals surface area contributed by atoms with Crippen LogP contribution in [-0.4, -0.2) is 59.3 Å². The van der Waals surface area contributed by atoms with E-state index >= 15 is 0 Å². The Morgan fingerprint density at radius 2 is 1.75 bits per heavy atom. The van der Waals surface area contributed by atoms with E-state index < -0.39 is 7.82 Å². The molecular weight excluding hydrogens is 335 g/mol. The van der Waals surface area contributed by atoms with Gasteiger partial charge in [-0.1, -0.05) is 13.3 Å². The van der Waals surface area contributed by atoms with Gasteiger partial charge in [0, 0.05) is 18.8 Å². The van der Waals surface area contributed by atoms with Crippen molar-refractivity contribution in [3.05, 3.63) is 29.8 Å². The van der Waals surface area contributed by atoms with E-state index in [1.165, 1.54) is 6.42 Å². The van der Waals surface area contributed by atoms with E-state index in [1.54, 1.807) is 12.1 Å². The van der Waals surface area contributed by atoms with Crippen molar-refractivity contribution < 1.29 is 28.8 Å². The molecule has 0 aliphatic rings. The molecule has 1 rings (SSSR count). The van der Waals surface area contributed by atoms with Crippen molar-refractivity contribution in [3.63, 3.8) is 0 Å². The van der Waals surface area contributed by atoms with Crippen molar-refractivity contribution in [3.8, 4) is 0 Å². The molecule has 0 atom stereocenters. The van der Waals surface area contributed by atoms with Gasteiger partial charge in [-0.05, 0) is 44.8 Å². The molecule has 0 heterocycles. The molecule has 0 bridgehead atoms. The fraction of sp³-hybridized carbons (Fsp3) is 0.533. The maximum atomic E-state index is 11.7. The first-order valence-corrected chi connectivity index (χ1v) is 9.14. The molecule has 138 valence electrons. The minimum absolute atomic E-state index is 0.262. The Bertz CT molecular complexity index is 507. The molecule has 24 heavy (non-hydrogen) atoms. The van der Waals surface area contributed by atoms with Crippen molar-refractivity contribution in [1.29, 1.82) is 0 Å². The molecule has 0 fully saturated rings. The van der Waals surface area contributed by atoms with Gasteiger partial charge in [-0.3, -0.25) is 0 Å². The zero-order valence-corrected chi connectivity index (χ0v) is 15.2. The highest BCUT2D eigenvalue weighted by Crippen LogP contribution is 2.25. The van der Waals surface area contributed by atoms with E-state index in [1.807, 2.05) is 31.1 Å². The Morgan fingerprint density at radius 3 is 2.21 bits per heavy atom. The smallest absolute Gasteiger partial charge is 0.461 e. The third-order valence-corrected chi connectivity index (χ3v) is 2.75. The quantitative estimate of drug-likeness (QED) is 0.313. The van der Waals surface area contributed by atoms with Crippen molar-refractivity contribution in [2.24, 2.45) is 0 Å². The summed E-state index contributed by atoms with van der Waals surface area (Å²) in [6.07, 6.45) is 2.32. The minimum atomic E-state index is -4.64. The third-order valence-electron chi connectivity index (χ3n) is 2.75. The summed E-state index contributed by atoms with van der Waals surface area (Å²) >= 11 is 0. The van der Waals surface area contributed by atoms with E-state index in [4.69, 9.17) is 24.0 Å². The predicted molar refractivity (Wildman–Crippen MR) is 92.9 cm³/mol. The number of rotatable bonds is 8. The van der Waals surface area contributed by atoms with Gasteiger partial charge < -0.3 is 29.6 Å². The van der Waals surface area contributed by atoms with Gasteiger partial charge in [0.25, 0.3) is 0 Å². The van der Waals surface area contributed by atoms with Crippen LogP contribution in [0.4, 0.5) is 5.69 Å². The first-order valence-electron chi connectivity index (χ1n) is 7.57. The van der Waals surface area contributed by atoms with Gasteiger partial charge in [-0.2, -0.15) is 0 Å². The van der Waals surface area contributed by atoms with Crippen LogP contribution >= 0.6 is 7.82 Å². The van der Waals surface area contributed by atoms with Crippen LogP contribution in [0.25, 0.3) is 0 Å². The summed E-state index contributed by atoms with van der Waals surface area (Å²) in [5.74, 6) is -0.262. The standard InChI is InChI=1S/C15H24N2O2.H3O4P/c1-4-5-10-16-14-8-6-13(7-9-14)15(18)19-12-11-17(2)3;1-5(2,3)4/h6-9,16H,4-5,10-12H2,1-3H3;(H3,1,2,3,4). The second kappa shape index (κ2) is 12.0. The monoisotopic (exact) mass is 362 g/mol. The molecule has 0 saturated heterocycles. The molecule has 0 aliphatic heterocycles. The molecule has 0 aromatic heterocycles. The first kappa shape index (κ1) is 22.6. The number of nitrogens with zero attached hydrogens (tertiary/aromatic N) is 1. The fourth-order valence-corrected chi connectivity index (χ4v) is 1.54. The summed E-state index contributed by atoms with van der Waals surface area (Å²) in [7, 11) is -0.741. The van der Waals surface area contributed by atoms with Gasteiger partial charge >= 0.3 is 13.8 Å². The normalized spacial score (nSPS) is 10.8. The van der Waals surface area contributed by atoms with E-state index in [2.05, 4.69) is 12.2 Å². The summed E-state index contributed by atoms with van der Waals surface area (Å²) in [4.78, 5) is 35.3. The molecule has 0 spiro atoms. The molecule has 4 N–H and O–H groups in total. The predicted octanol–water partition coefficient (Wildman–Crippen LogP) is 1.69. The van der Waals surface area contributed by atoms with Crippen LogP contribution in [0.3, 0.4) is 0 Å². The Kier molecular flexibility index (Phi) is 11.3. The summed E-state index contributed by atoms with van der Waals surface area (Å²) < 4.78 is 14.1. The maximum Gasteiger partial charge on any atom is 0.466 e. The SMILES string of the molecule is CCCCNc1ccc(C(=O)OCCN(C)C)cc1.O=P(O)(O)O. The molecule has 0 amide bonds. The first-order chi connectivity index (χ1) is 11.1. The molecule has 8 nitrogen and oxygen atoms in total. The van der Waals surface area contributed by atoms with Gasteiger partial charge in [-0.25, -0.2) is 9.36 Å². The second-order valence-electron chi connectivity index (χ2n) is 5.31. The number of benzene rings is 1. The number of esters is 1. The van der Waals surface area contributed by atoms with Gasteiger partial charge in [0.2, 0.25) is 0 Å². The minimum Gasteiger partial charge on any atom is -0.461 e. The third kappa shape index (κ3) is 14.2. The highest BCUT2D eigenvalue weighted by Gasteiger charge is 2.06. The van der Waals surface area contributed by atoms with E-state index in [9.17, 15) is 4.79 Å². The highest BCUT2D eigenvalue weighted by atomic mass is 31.2. The summed E-state index contributed by atoms with van der Waals surface area (Å²) in [6, 6.07) is 7.43. The van der Waals surface area contributed by atoms with Gasteiger partial charge in [-0.15, -0.1) is 0 Å². The van der Waals surface area contributed by atoms with Gasteiger partial charge in [0.15, 0.2) is 0 Å². The zero-order chi connectivity index (χ0) is 18.6. The van der Waals surface area contributed by atoms with Crippen LogP contribution in [0, 0.1) is 0 Å². The maximum absolute atomic E-state index is 11.7. The van der Waals surface area contributed by atoms with Crippen LogP contribution in [-0.2, 0) is 9.30 Å². The Labute approximate surface area is 142 Å². The summed E-state index contributed by atoms with van der Waals surface area (Å²) in [6.45, 7) is 4.28. The van der Waals surface area contributed by atoms with Crippen molar-refractivity contribution >= 4 is 19.5 Å². The number of nitrogens with one attached hydrogen (secondary N) is 1. The van der Waals surface area contributed by atoms with E-state index in [0.29, 0.717) is 12.2 Å². The number of anilines is 1. The lowest BCUT2D eigenvalue weighted by atomic mass is 10.2. The summed E-state index contributed by atoms with van der Waals surface area (Å²) in [5, 5.41) is 3.31. The zero-order valence-electron chi connectivity index (χ0n) is 14.3. The molecule has 1 aromatic carbocycles. The van der Waals surface area contributed by atoms with Crippen molar-refractivity contribution in [1.82, 2.24) is 4.90 Å². The number of ether oxygens (including phenoxy) is 1. The fourth-order valence-electron chi connectivity index (χ4n) is 1.54. The van der Waals surface area contributed by atoms with Gasteiger partial charge in [0.1, 0.15) is 6.61 Å². The summed E-state index contributed by atoms with van der Waals surface area (Å²) in [5.41, 5.74) is 1.64. The van der Waals surface area contributed by atoms with E-state index in [0.717, 1.165) is 25.2 Å². The lowest BCUT2D eigenvalue weighted by molar-refractivity contribution is 0.0482. The number of likely N-dealkylation sites (N-methyl/N-ethyl adjacent to an activating group) is 1. The molecular formula is C15H27N2O6P. The number of carbonyl (C=O) groups is 1. The van der Waals surface area contributed by atoms with Crippen LogP contribution in [0.15, 0.2) is 24.3 Å². The molecule has 1 aromatic rings. The average Bonchev–Trinajstić information content (AvgIpc) is 2.46. The van der Waals surface area contributed by atoms with Crippen LogP contribution in [0.2, 0.25) is 0 Å². The lowest BCUT2D eigenvalue weighted by Crippen LogP contribution is -2.20. The molecule has 0 aliphatic carbocycles. The number of hydrogen-bond acceptors (Lipinski definition) is 5. The molecule has 9 heteroatoms. The van der Waals surface area contributed by atoms with Gasteiger partial charge in [0.05, 0.1) is 5.56 Å². The van der Waals surface area contributed by atoms with Crippen LogP contribution < -0.4 is 5.32 Å². The van der Waals surface area contributed by atoms with Crippen LogP contribution in [0.5, 0.6) is 0 Å². The second-order valence-corrected chi connectivity index (χ2v) is 6.34. The topological polar surface area (TPSA) is 119 Å². The van der Waals surface area contributed by atoms with Crippen LogP contribution in [0.1, 0.15) is 30.1 Å². The Balaban J connectivity index is 0.000000922. The number of unbranched alkanes of at least 4 members (excludes halogenated alkanes) is 1. The van der Waals surface area contributed by atoms with Crippen molar-refractivity contribution in [2.45, 2.75) is 19.8 Å². The number of phosphoric acid groups is 1. The molecule has 0 unspecified atom stereocenters. The largest absolute Gasteiger partial charge is 0.466 e.